The van der Waals surface area contributed by atoms with E-state index in [0.717, 1.165) is 10.9 Å². The summed E-state index contributed by atoms with van der Waals surface area (Å²) >= 11 is 6.37. The molecule has 5 heteroatoms. The molecule has 1 unspecified atom stereocenters. The van der Waals surface area contributed by atoms with Gasteiger partial charge in [0, 0.05) is 11.5 Å². The van der Waals surface area contributed by atoms with Crippen LogP contribution in [0.3, 0.4) is 0 Å². The van der Waals surface area contributed by atoms with Crippen LogP contribution in [0.4, 0.5) is 0 Å². The molecule has 0 amide bonds. The van der Waals surface area contributed by atoms with Crippen molar-refractivity contribution in [3.63, 3.8) is 0 Å². The Balaban J connectivity index is 2.13. The first-order valence-corrected chi connectivity index (χ1v) is 7.47. The van der Waals surface area contributed by atoms with E-state index in [-0.39, 0.29) is 0 Å². The number of aliphatic hydroxyl groups excluding tert-OH is 1. The molecule has 0 saturated heterocycles. The maximum Gasteiger partial charge on any atom is 0.162 e. The number of aliphatic hydroxyl groups is 1. The third-order valence-corrected chi connectivity index (χ3v) is 3.99. The number of aromatic nitrogens is 1. The lowest BCUT2D eigenvalue weighted by molar-refractivity contribution is 0.216. The van der Waals surface area contributed by atoms with Crippen molar-refractivity contribution >= 4 is 22.5 Å². The van der Waals surface area contributed by atoms with Crippen molar-refractivity contribution in [1.29, 1.82) is 0 Å². The highest BCUT2D eigenvalue weighted by atomic mass is 35.5. The Bertz CT molecular complexity index is 837. The van der Waals surface area contributed by atoms with Crippen molar-refractivity contribution in [3.8, 4) is 11.5 Å². The highest BCUT2D eigenvalue weighted by Gasteiger charge is 2.16. The van der Waals surface area contributed by atoms with Gasteiger partial charge >= 0.3 is 0 Å². The summed E-state index contributed by atoms with van der Waals surface area (Å²) in [6.45, 7) is 0. The Morgan fingerprint density at radius 1 is 1.00 bits per heavy atom. The summed E-state index contributed by atoms with van der Waals surface area (Å²) < 4.78 is 10.6. The van der Waals surface area contributed by atoms with Crippen LogP contribution in [0.2, 0.25) is 5.02 Å². The Morgan fingerprint density at radius 2 is 1.65 bits per heavy atom. The number of methoxy groups -OCH3 is 2. The lowest BCUT2D eigenvalue weighted by Gasteiger charge is -2.14. The lowest BCUT2D eigenvalue weighted by atomic mass is 10.0. The molecule has 1 atom stereocenters. The van der Waals surface area contributed by atoms with Crippen LogP contribution in [0.5, 0.6) is 11.5 Å². The van der Waals surface area contributed by atoms with Gasteiger partial charge in [0.25, 0.3) is 0 Å². The van der Waals surface area contributed by atoms with E-state index in [4.69, 9.17) is 21.1 Å². The fourth-order valence-corrected chi connectivity index (χ4v) is 2.74. The largest absolute Gasteiger partial charge is 0.493 e. The Labute approximate surface area is 139 Å². The number of ether oxygens (including phenoxy) is 2. The summed E-state index contributed by atoms with van der Waals surface area (Å²) in [5.41, 5.74) is 1.89. The minimum Gasteiger partial charge on any atom is -0.493 e. The highest BCUT2D eigenvalue weighted by molar-refractivity contribution is 6.35. The predicted molar refractivity (Wildman–Crippen MR) is 90.4 cm³/mol. The summed E-state index contributed by atoms with van der Waals surface area (Å²) in [6, 6.07) is 14.5. The van der Waals surface area contributed by atoms with Crippen molar-refractivity contribution in [2.75, 3.05) is 14.2 Å². The van der Waals surface area contributed by atoms with Crippen molar-refractivity contribution in [1.82, 2.24) is 4.98 Å². The maximum atomic E-state index is 10.5. The summed E-state index contributed by atoms with van der Waals surface area (Å²) in [6.07, 6.45) is -0.841. The van der Waals surface area contributed by atoms with Crippen LogP contribution in [-0.2, 0) is 0 Å². The molecule has 4 nitrogen and oxygen atoms in total. The molecule has 0 aliphatic rings. The van der Waals surface area contributed by atoms with E-state index >= 15 is 0 Å². The molecule has 0 radical (unpaired) electrons. The molecular formula is C18H16ClNO3. The van der Waals surface area contributed by atoms with Crippen LogP contribution in [0.1, 0.15) is 17.4 Å². The van der Waals surface area contributed by atoms with Gasteiger partial charge in [0.05, 0.1) is 30.5 Å². The molecule has 0 spiro atoms. The van der Waals surface area contributed by atoms with Gasteiger partial charge in [-0.05, 0) is 17.7 Å². The van der Waals surface area contributed by atoms with Gasteiger partial charge in [-0.1, -0.05) is 41.9 Å². The maximum absolute atomic E-state index is 10.5. The number of nitrogens with zero attached hydrogens (tertiary/aromatic N) is 1. The molecule has 3 aromatic rings. The number of hydrogen-bond acceptors (Lipinski definition) is 4. The molecule has 2 aromatic carbocycles. The van der Waals surface area contributed by atoms with Crippen LogP contribution in [0, 0.1) is 0 Å². The molecule has 1 heterocycles. The van der Waals surface area contributed by atoms with E-state index in [9.17, 15) is 5.11 Å². The van der Waals surface area contributed by atoms with Crippen LogP contribution < -0.4 is 9.47 Å². The lowest BCUT2D eigenvalue weighted by Crippen LogP contribution is -2.03. The summed E-state index contributed by atoms with van der Waals surface area (Å²) in [5, 5.41) is 11.8. The van der Waals surface area contributed by atoms with Crippen molar-refractivity contribution in [2.45, 2.75) is 6.10 Å². The van der Waals surface area contributed by atoms with Crippen molar-refractivity contribution in [3.05, 3.63) is 64.8 Å². The average molecular weight is 330 g/mol. The zero-order valence-corrected chi connectivity index (χ0v) is 13.5. The summed E-state index contributed by atoms with van der Waals surface area (Å²) in [4.78, 5) is 4.53. The fourth-order valence-electron chi connectivity index (χ4n) is 2.48. The zero-order chi connectivity index (χ0) is 16.4. The molecule has 23 heavy (non-hydrogen) atoms. The number of pyridine rings is 1. The van der Waals surface area contributed by atoms with Gasteiger partial charge in [-0.2, -0.15) is 0 Å². The zero-order valence-electron chi connectivity index (χ0n) is 12.8. The van der Waals surface area contributed by atoms with Gasteiger partial charge in [-0.25, -0.2) is 4.98 Å². The Kier molecular flexibility index (Phi) is 4.37. The van der Waals surface area contributed by atoms with Gasteiger partial charge in [0.1, 0.15) is 6.10 Å². The third-order valence-electron chi connectivity index (χ3n) is 3.68. The molecule has 0 saturated carbocycles. The summed E-state index contributed by atoms with van der Waals surface area (Å²) in [5.74, 6) is 1.15. The van der Waals surface area contributed by atoms with E-state index in [0.29, 0.717) is 27.7 Å². The first-order chi connectivity index (χ1) is 11.1. The van der Waals surface area contributed by atoms with E-state index in [2.05, 4.69) is 4.98 Å². The monoisotopic (exact) mass is 329 g/mol. The van der Waals surface area contributed by atoms with E-state index in [1.807, 2.05) is 30.3 Å². The predicted octanol–water partition coefficient (Wildman–Crippen LogP) is 3.99. The van der Waals surface area contributed by atoms with Gasteiger partial charge < -0.3 is 14.6 Å². The number of fused-ring (bicyclic) bond motifs is 1. The first kappa shape index (κ1) is 15.6. The summed E-state index contributed by atoms with van der Waals surface area (Å²) in [7, 11) is 3.13. The average Bonchev–Trinajstić information content (AvgIpc) is 2.60. The number of benzene rings is 2. The van der Waals surface area contributed by atoms with Crippen LogP contribution in [0.25, 0.3) is 10.9 Å². The molecule has 118 valence electrons. The number of halogens is 1. The van der Waals surface area contributed by atoms with Crippen LogP contribution >= 0.6 is 11.6 Å². The molecule has 1 aromatic heterocycles. The van der Waals surface area contributed by atoms with E-state index in [1.54, 1.807) is 32.4 Å². The minimum atomic E-state index is -0.841. The number of rotatable bonds is 4. The van der Waals surface area contributed by atoms with Gasteiger partial charge in [-0.3, -0.25) is 0 Å². The molecule has 0 aliphatic carbocycles. The van der Waals surface area contributed by atoms with Crippen molar-refractivity contribution < 1.29 is 14.6 Å². The van der Waals surface area contributed by atoms with Gasteiger partial charge in [-0.15, -0.1) is 0 Å². The Hall–Kier alpha value is -2.30. The van der Waals surface area contributed by atoms with Gasteiger partial charge in [0.2, 0.25) is 0 Å². The van der Waals surface area contributed by atoms with Crippen LogP contribution in [0.15, 0.2) is 48.5 Å². The smallest absolute Gasteiger partial charge is 0.162 e. The molecular weight excluding hydrogens is 314 g/mol. The van der Waals surface area contributed by atoms with Crippen molar-refractivity contribution in [2.24, 2.45) is 0 Å². The quantitative estimate of drug-likeness (QED) is 0.786. The van der Waals surface area contributed by atoms with E-state index in [1.165, 1.54) is 0 Å². The van der Waals surface area contributed by atoms with Crippen LogP contribution in [-0.4, -0.2) is 24.3 Å². The third kappa shape index (κ3) is 2.96. The fraction of sp³-hybridized carbons (Fsp3) is 0.167. The molecule has 1 N–H and O–H groups in total. The standard InChI is InChI=1S/C18H16ClNO3/c1-22-16-8-12-13(19)9-15(20-14(12)10-17(16)23-2)18(21)11-6-4-3-5-7-11/h3-10,18,21H,1-2H3. The minimum absolute atomic E-state index is 0.487. The van der Waals surface area contributed by atoms with Gasteiger partial charge in [0.15, 0.2) is 11.5 Å². The second kappa shape index (κ2) is 6.44. The normalized spacial score (nSPS) is 12.2. The molecule has 3 rings (SSSR count). The molecule has 0 aliphatic heterocycles. The molecule has 0 fully saturated rings. The topological polar surface area (TPSA) is 51.6 Å². The Morgan fingerprint density at radius 3 is 2.30 bits per heavy atom. The second-order valence-corrected chi connectivity index (χ2v) is 5.47. The first-order valence-electron chi connectivity index (χ1n) is 7.09. The number of hydrogen-bond donors (Lipinski definition) is 1. The molecule has 0 bridgehead atoms. The SMILES string of the molecule is COc1cc2nc(C(O)c3ccccc3)cc(Cl)c2cc1OC. The second-order valence-electron chi connectivity index (χ2n) is 5.07. The highest BCUT2D eigenvalue weighted by Crippen LogP contribution is 2.36. The van der Waals surface area contributed by atoms with E-state index < -0.39 is 6.10 Å².